The molecular formula is C13H18Cl2N2O3. The summed E-state index contributed by atoms with van der Waals surface area (Å²) in [7, 11) is 1.52. The largest absolute Gasteiger partial charge is 0.496 e. The third kappa shape index (κ3) is 3.76. The third-order valence-corrected chi connectivity index (χ3v) is 3.32. The topological polar surface area (TPSA) is 64.8 Å². The lowest BCUT2D eigenvalue weighted by Crippen LogP contribution is -2.48. The van der Waals surface area contributed by atoms with Crippen molar-refractivity contribution in [2.24, 2.45) is 5.73 Å². The van der Waals surface area contributed by atoms with Crippen LogP contribution >= 0.6 is 24.0 Å². The number of hydrogen-bond acceptors (Lipinski definition) is 4. The van der Waals surface area contributed by atoms with E-state index in [4.69, 9.17) is 26.8 Å². The van der Waals surface area contributed by atoms with Crippen molar-refractivity contribution >= 4 is 29.9 Å². The van der Waals surface area contributed by atoms with Gasteiger partial charge in [0.25, 0.3) is 5.91 Å². The molecule has 1 aromatic rings. The Hall–Kier alpha value is -1.01. The van der Waals surface area contributed by atoms with Gasteiger partial charge in [0.2, 0.25) is 0 Å². The van der Waals surface area contributed by atoms with E-state index < -0.39 is 0 Å². The number of halogens is 2. The summed E-state index contributed by atoms with van der Waals surface area (Å²) in [6.45, 7) is 1.97. The number of rotatable bonds is 3. The lowest BCUT2D eigenvalue weighted by Gasteiger charge is -2.32. The van der Waals surface area contributed by atoms with Crippen LogP contribution in [0.2, 0.25) is 5.02 Å². The Labute approximate surface area is 129 Å². The second-order valence-corrected chi connectivity index (χ2v) is 4.76. The lowest BCUT2D eigenvalue weighted by molar-refractivity contribution is -0.0168. The number of carbonyl (C=O) groups is 1. The lowest BCUT2D eigenvalue weighted by atomic mass is 10.1. The van der Waals surface area contributed by atoms with Crippen molar-refractivity contribution in [3.63, 3.8) is 0 Å². The maximum absolute atomic E-state index is 12.5. The molecule has 1 fully saturated rings. The highest BCUT2D eigenvalue weighted by Crippen LogP contribution is 2.25. The van der Waals surface area contributed by atoms with Gasteiger partial charge in [-0.05, 0) is 18.2 Å². The highest BCUT2D eigenvalue weighted by atomic mass is 35.5. The van der Waals surface area contributed by atoms with Gasteiger partial charge in [0, 0.05) is 24.7 Å². The van der Waals surface area contributed by atoms with Crippen molar-refractivity contribution in [2.45, 2.75) is 6.10 Å². The molecular weight excluding hydrogens is 303 g/mol. The first-order valence-electron chi connectivity index (χ1n) is 6.10. The van der Waals surface area contributed by atoms with Gasteiger partial charge in [0.15, 0.2) is 0 Å². The van der Waals surface area contributed by atoms with E-state index in [1.54, 1.807) is 23.1 Å². The molecule has 1 aliphatic heterocycles. The number of hydrogen-bond donors (Lipinski definition) is 1. The van der Waals surface area contributed by atoms with Gasteiger partial charge in [-0.15, -0.1) is 12.4 Å². The first-order chi connectivity index (χ1) is 9.15. The summed E-state index contributed by atoms with van der Waals surface area (Å²) in [5.41, 5.74) is 6.08. The van der Waals surface area contributed by atoms with Gasteiger partial charge in [-0.2, -0.15) is 0 Å². The molecule has 1 amide bonds. The Kier molecular flexibility index (Phi) is 6.55. The molecule has 0 radical (unpaired) electrons. The monoisotopic (exact) mass is 320 g/mol. The SMILES string of the molecule is COc1cc(Cl)ccc1C(=O)N1CCOC(CN)C1.Cl. The Balaban J connectivity index is 0.00000200. The summed E-state index contributed by atoms with van der Waals surface area (Å²) in [4.78, 5) is 14.2. The van der Waals surface area contributed by atoms with E-state index in [-0.39, 0.29) is 24.4 Å². The molecule has 0 spiro atoms. The fourth-order valence-electron chi connectivity index (χ4n) is 2.06. The smallest absolute Gasteiger partial charge is 0.257 e. The van der Waals surface area contributed by atoms with E-state index in [1.165, 1.54) is 7.11 Å². The number of ether oxygens (including phenoxy) is 2. The summed E-state index contributed by atoms with van der Waals surface area (Å²) >= 11 is 5.89. The van der Waals surface area contributed by atoms with Crippen molar-refractivity contribution < 1.29 is 14.3 Å². The zero-order chi connectivity index (χ0) is 13.8. The molecule has 112 valence electrons. The maximum atomic E-state index is 12.5. The number of morpholine rings is 1. The summed E-state index contributed by atoms with van der Waals surface area (Å²) in [5, 5.41) is 0.537. The minimum absolute atomic E-state index is 0. The fourth-order valence-corrected chi connectivity index (χ4v) is 2.22. The van der Waals surface area contributed by atoms with Crippen LogP contribution in [0.1, 0.15) is 10.4 Å². The van der Waals surface area contributed by atoms with E-state index in [0.717, 1.165) is 0 Å². The van der Waals surface area contributed by atoms with Crippen LogP contribution in [0.15, 0.2) is 18.2 Å². The van der Waals surface area contributed by atoms with Gasteiger partial charge in [-0.25, -0.2) is 0 Å². The molecule has 2 N–H and O–H groups in total. The zero-order valence-corrected chi connectivity index (χ0v) is 12.7. The first kappa shape index (κ1) is 17.0. The van der Waals surface area contributed by atoms with Crippen LogP contribution < -0.4 is 10.5 Å². The predicted molar refractivity (Wildman–Crippen MR) is 79.9 cm³/mol. The number of nitrogens with two attached hydrogens (primary N) is 1. The zero-order valence-electron chi connectivity index (χ0n) is 11.2. The molecule has 0 aliphatic carbocycles. The van der Waals surface area contributed by atoms with Crippen molar-refractivity contribution in [3.05, 3.63) is 28.8 Å². The molecule has 20 heavy (non-hydrogen) atoms. The number of methoxy groups -OCH3 is 1. The van der Waals surface area contributed by atoms with Crippen LogP contribution in [0.25, 0.3) is 0 Å². The fraction of sp³-hybridized carbons (Fsp3) is 0.462. The molecule has 1 unspecified atom stereocenters. The Morgan fingerprint density at radius 1 is 1.60 bits per heavy atom. The molecule has 5 nitrogen and oxygen atoms in total. The summed E-state index contributed by atoms with van der Waals surface area (Å²) < 4.78 is 10.7. The Bertz CT molecular complexity index is 471. The molecule has 2 rings (SSSR count). The number of nitrogens with zero attached hydrogens (tertiary/aromatic N) is 1. The average molecular weight is 321 g/mol. The van der Waals surface area contributed by atoms with E-state index in [2.05, 4.69) is 0 Å². The van der Waals surface area contributed by atoms with Crippen molar-refractivity contribution in [2.75, 3.05) is 33.4 Å². The molecule has 1 saturated heterocycles. The number of benzene rings is 1. The normalized spacial score (nSPS) is 18.4. The molecule has 0 saturated carbocycles. The molecule has 1 heterocycles. The van der Waals surface area contributed by atoms with Crippen LogP contribution in [0.4, 0.5) is 0 Å². The van der Waals surface area contributed by atoms with Gasteiger partial charge in [0.1, 0.15) is 5.75 Å². The number of amides is 1. The molecule has 0 aromatic heterocycles. The van der Waals surface area contributed by atoms with Crippen LogP contribution in [-0.4, -0.2) is 50.3 Å². The van der Waals surface area contributed by atoms with E-state index in [1.807, 2.05) is 0 Å². The van der Waals surface area contributed by atoms with Crippen molar-refractivity contribution in [1.82, 2.24) is 4.90 Å². The van der Waals surface area contributed by atoms with Gasteiger partial charge in [-0.1, -0.05) is 11.6 Å². The van der Waals surface area contributed by atoms with E-state index in [9.17, 15) is 4.79 Å². The van der Waals surface area contributed by atoms with Crippen LogP contribution in [0.3, 0.4) is 0 Å². The average Bonchev–Trinajstić information content (AvgIpc) is 2.46. The predicted octanol–water partition coefficient (Wildman–Crippen LogP) is 1.57. The summed E-state index contributed by atoms with van der Waals surface area (Å²) in [6, 6.07) is 4.99. The van der Waals surface area contributed by atoms with Gasteiger partial charge >= 0.3 is 0 Å². The standard InChI is InChI=1S/C13H17ClN2O3.ClH/c1-18-12-6-9(14)2-3-11(12)13(17)16-4-5-19-10(7-15)8-16;/h2-3,6,10H,4-5,7-8,15H2,1H3;1H. The maximum Gasteiger partial charge on any atom is 0.257 e. The van der Waals surface area contributed by atoms with Crippen LogP contribution in [0.5, 0.6) is 5.75 Å². The quantitative estimate of drug-likeness (QED) is 0.918. The van der Waals surface area contributed by atoms with Gasteiger partial charge in [0.05, 0.1) is 25.4 Å². The summed E-state index contributed by atoms with van der Waals surface area (Å²) in [5.74, 6) is 0.392. The Morgan fingerprint density at radius 3 is 3.00 bits per heavy atom. The molecule has 0 bridgehead atoms. The van der Waals surface area contributed by atoms with Gasteiger partial charge < -0.3 is 20.1 Å². The Morgan fingerprint density at radius 2 is 2.35 bits per heavy atom. The van der Waals surface area contributed by atoms with Crippen LogP contribution in [-0.2, 0) is 4.74 Å². The highest BCUT2D eigenvalue weighted by Gasteiger charge is 2.26. The molecule has 7 heteroatoms. The number of carbonyl (C=O) groups excluding carboxylic acids is 1. The van der Waals surface area contributed by atoms with Crippen molar-refractivity contribution in [1.29, 1.82) is 0 Å². The molecule has 1 atom stereocenters. The first-order valence-corrected chi connectivity index (χ1v) is 6.48. The molecule has 1 aromatic carbocycles. The second kappa shape index (κ2) is 7.69. The van der Waals surface area contributed by atoms with Crippen molar-refractivity contribution in [3.8, 4) is 5.75 Å². The van der Waals surface area contributed by atoms with E-state index in [0.29, 0.717) is 42.6 Å². The van der Waals surface area contributed by atoms with E-state index >= 15 is 0 Å². The minimum atomic E-state index is -0.101. The minimum Gasteiger partial charge on any atom is -0.496 e. The second-order valence-electron chi connectivity index (χ2n) is 4.32. The third-order valence-electron chi connectivity index (χ3n) is 3.08. The highest BCUT2D eigenvalue weighted by molar-refractivity contribution is 6.30. The van der Waals surface area contributed by atoms with Crippen LogP contribution in [0, 0.1) is 0 Å². The molecule has 1 aliphatic rings. The van der Waals surface area contributed by atoms with Gasteiger partial charge in [-0.3, -0.25) is 4.79 Å². The summed E-state index contributed by atoms with van der Waals surface area (Å²) in [6.07, 6.45) is -0.101.